The maximum absolute atomic E-state index is 8.55. The number of aryl methyl sites for hydroxylation is 1. The molecule has 0 N–H and O–H groups in total. The van der Waals surface area contributed by atoms with Gasteiger partial charge < -0.3 is 4.74 Å². The van der Waals surface area contributed by atoms with E-state index in [0.29, 0.717) is 6.10 Å². The van der Waals surface area contributed by atoms with Crippen molar-refractivity contribution in [3.8, 4) is 6.07 Å². The second kappa shape index (κ2) is 12.2. The maximum atomic E-state index is 8.55. The zero-order chi connectivity index (χ0) is 20.3. The summed E-state index contributed by atoms with van der Waals surface area (Å²) in [6, 6.07) is 11.5. The highest BCUT2D eigenvalue weighted by Gasteiger charge is 2.25. The summed E-state index contributed by atoms with van der Waals surface area (Å²) in [7, 11) is 0. The molecule has 2 fully saturated rings. The lowest BCUT2D eigenvalue weighted by Gasteiger charge is -2.32. The molecule has 0 amide bonds. The zero-order valence-corrected chi connectivity index (χ0v) is 18.3. The Morgan fingerprint density at radius 1 is 0.966 bits per heavy atom. The number of hydrogen-bond donors (Lipinski definition) is 0. The predicted octanol–water partition coefficient (Wildman–Crippen LogP) is 7.35. The number of hydrogen-bond acceptors (Lipinski definition) is 2. The highest BCUT2D eigenvalue weighted by atomic mass is 16.5. The van der Waals surface area contributed by atoms with Crippen LogP contribution in [0.4, 0.5) is 0 Å². The van der Waals surface area contributed by atoms with Gasteiger partial charge in [-0.2, -0.15) is 5.26 Å². The van der Waals surface area contributed by atoms with Crippen LogP contribution in [0.15, 0.2) is 36.4 Å². The van der Waals surface area contributed by atoms with Gasteiger partial charge in [0.15, 0.2) is 0 Å². The van der Waals surface area contributed by atoms with Gasteiger partial charge in [0.25, 0.3) is 0 Å². The number of ether oxygens (including phenoxy) is 1. The van der Waals surface area contributed by atoms with Crippen LogP contribution in [-0.4, -0.2) is 12.7 Å². The Morgan fingerprint density at radius 3 is 2.31 bits per heavy atom. The average molecular weight is 394 g/mol. The van der Waals surface area contributed by atoms with Gasteiger partial charge in [-0.3, -0.25) is 0 Å². The molecule has 158 valence electrons. The van der Waals surface area contributed by atoms with Crippen LogP contribution in [0.3, 0.4) is 0 Å². The van der Waals surface area contributed by atoms with Crippen molar-refractivity contribution in [3.63, 3.8) is 0 Å². The summed E-state index contributed by atoms with van der Waals surface area (Å²) in [5.41, 5.74) is 3.01. The molecule has 0 aromatic heterocycles. The van der Waals surface area contributed by atoms with E-state index in [2.05, 4.69) is 37.3 Å². The minimum atomic E-state index is 0.486. The molecule has 0 unspecified atom stereocenters. The van der Waals surface area contributed by atoms with Crippen LogP contribution in [0.5, 0.6) is 0 Å². The fraction of sp³-hybridized carbons (Fsp3) is 0.667. The minimum Gasteiger partial charge on any atom is -0.378 e. The molecule has 0 bridgehead atoms. The van der Waals surface area contributed by atoms with Gasteiger partial charge in [-0.1, -0.05) is 56.5 Å². The van der Waals surface area contributed by atoms with Crippen LogP contribution in [0, 0.1) is 23.2 Å². The second-order valence-corrected chi connectivity index (χ2v) is 9.29. The SMILES string of the molecule is CCCc1ccc(C2CCC(OCC3CCC(CC/C=C/C#N)CC3)CC2)cc1. The molecule has 0 atom stereocenters. The predicted molar refractivity (Wildman–Crippen MR) is 121 cm³/mol. The van der Waals surface area contributed by atoms with Gasteiger partial charge in [-0.25, -0.2) is 0 Å². The molecular weight excluding hydrogens is 354 g/mol. The molecule has 0 aliphatic heterocycles. The zero-order valence-electron chi connectivity index (χ0n) is 18.3. The molecule has 29 heavy (non-hydrogen) atoms. The molecule has 0 spiro atoms. The third kappa shape index (κ3) is 7.31. The molecular formula is C27H39NO. The Balaban J connectivity index is 1.30. The lowest BCUT2D eigenvalue weighted by atomic mass is 9.80. The third-order valence-electron chi connectivity index (χ3n) is 7.13. The molecule has 2 heteroatoms. The monoisotopic (exact) mass is 393 g/mol. The van der Waals surface area contributed by atoms with Gasteiger partial charge in [0.2, 0.25) is 0 Å². The van der Waals surface area contributed by atoms with Crippen LogP contribution in [-0.2, 0) is 11.2 Å². The summed E-state index contributed by atoms with van der Waals surface area (Å²) >= 11 is 0. The molecule has 0 radical (unpaired) electrons. The highest BCUT2D eigenvalue weighted by molar-refractivity contribution is 5.26. The summed E-state index contributed by atoms with van der Waals surface area (Å²) in [5, 5.41) is 8.55. The summed E-state index contributed by atoms with van der Waals surface area (Å²) in [6.07, 6.45) is 19.2. The molecule has 3 rings (SSSR count). The first-order valence-corrected chi connectivity index (χ1v) is 12.0. The molecule has 2 nitrogen and oxygen atoms in total. The van der Waals surface area contributed by atoms with Crippen LogP contribution in [0.2, 0.25) is 0 Å². The minimum absolute atomic E-state index is 0.486. The van der Waals surface area contributed by atoms with E-state index in [-0.39, 0.29) is 0 Å². The summed E-state index contributed by atoms with van der Waals surface area (Å²) in [5.74, 6) is 2.36. The van der Waals surface area contributed by atoms with Crippen LogP contribution < -0.4 is 0 Å². The quantitative estimate of drug-likeness (QED) is 0.411. The van der Waals surface area contributed by atoms with E-state index in [0.717, 1.165) is 30.8 Å². The van der Waals surface area contributed by atoms with Gasteiger partial charge in [-0.15, -0.1) is 0 Å². The molecule has 2 aliphatic carbocycles. The van der Waals surface area contributed by atoms with Gasteiger partial charge in [0.05, 0.1) is 12.2 Å². The van der Waals surface area contributed by atoms with Crippen molar-refractivity contribution in [2.75, 3.05) is 6.61 Å². The van der Waals surface area contributed by atoms with Crippen molar-refractivity contribution in [2.24, 2.45) is 11.8 Å². The van der Waals surface area contributed by atoms with E-state index < -0.39 is 0 Å². The summed E-state index contributed by atoms with van der Waals surface area (Å²) in [6.45, 7) is 3.22. The number of nitrogens with zero attached hydrogens (tertiary/aromatic N) is 1. The topological polar surface area (TPSA) is 33.0 Å². The fourth-order valence-corrected chi connectivity index (χ4v) is 5.23. The molecule has 2 aliphatic rings. The van der Waals surface area contributed by atoms with Gasteiger partial charge in [0, 0.05) is 12.7 Å². The van der Waals surface area contributed by atoms with Crippen LogP contribution in [0.25, 0.3) is 0 Å². The Morgan fingerprint density at radius 2 is 1.66 bits per heavy atom. The Kier molecular flexibility index (Phi) is 9.29. The lowest BCUT2D eigenvalue weighted by Crippen LogP contribution is -2.25. The van der Waals surface area contributed by atoms with E-state index in [4.69, 9.17) is 10.00 Å². The van der Waals surface area contributed by atoms with Crippen molar-refractivity contribution >= 4 is 0 Å². The van der Waals surface area contributed by atoms with Gasteiger partial charge >= 0.3 is 0 Å². The Bertz CT molecular complexity index is 640. The summed E-state index contributed by atoms with van der Waals surface area (Å²) in [4.78, 5) is 0. The van der Waals surface area contributed by atoms with Crippen molar-refractivity contribution in [1.82, 2.24) is 0 Å². The van der Waals surface area contributed by atoms with E-state index in [9.17, 15) is 0 Å². The van der Waals surface area contributed by atoms with Crippen molar-refractivity contribution in [1.29, 1.82) is 5.26 Å². The normalized spacial score (nSPS) is 27.7. The molecule has 1 aromatic rings. The summed E-state index contributed by atoms with van der Waals surface area (Å²) < 4.78 is 6.36. The molecule has 2 saturated carbocycles. The molecule has 0 saturated heterocycles. The van der Waals surface area contributed by atoms with Crippen molar-refractivity contribution in [2.45, 2.75) is 96.0 Å². The lowest BCUT2D eigenvalue weighted by molar-refractivity contribution is -0.00474. The first-order chi connectivity index (χ1) is 14.3. The highest BCUT2D eigenvalue weighted by Crippen LogP contribution is 2.36. The largest absolute Gasteiger partial charge is 0.378 e. The Hall–Kier alpha value is -1.59. The first kappa shape index (κ1) is 22.1. The smallest absolute Gasteiger partial charge is 0.0908 e. The van der Waals surface area contributed by atoms with E-state index in [1.54, 1.807) is 6.08 Å². The van der Waals surface area contributed by atoms with Gasteiger partial charge in [-0.05, 0) is 86.7 Å². The molecule has 1 aromatic carbocycles. The maximum Gasteiger partial charge on any atom is 0.0908 e. The second-order valence-electron chi connectivity index (χ2n) is 9.29. The van der Waals surface area contributed by atoms with Crippen LogP contribution in [0.1, 0.15) is 94.6 Å². The van der Waals surface area contributed by atoms with Crippen molar-refractivity contribution < 1.29 is 4.74 Å². The average Bonchev–Trinajstić information content (AvgIpc) is 2.77. The van der Waals surface area contributed by atoms with Crippen molar-refractivity contribution in [3.05, 3.63) is 47.5 Å². The number of nitriles is 1. The standard InChI is InChI=1S/C27H39NO/c1-2-6-22-12-14-25(15-13-22)26-16-18-27(19-17-26)29-21-24-10-8-23(9-11-24)7-4-3-5-20-28/h3,5,12-15,23-24,26-27H,2,4,6-11,16-19,21H2,1H3/b5-3+. The van der Waals surface area contributed by atoms with E-state index in [1.807, 2.05) is 6.08 Å². The Labute approximate surface area is 178 Å². The van der Waals surface area contributed by atoms with Gasteiger partial charge in [0.1, 0.15) is 0 Å². The number of benzene rings is 1. The molecule has 0 heterocycles. The number of allylic oxidation sites excluding steroid dienone is 2. The van der Waals surface area contributed by atoms with E-state index in [1.165, 1.54) is 81.8 Å². The third-order valence-corrected chi connectivity index (χ3v) is 7.13. The number of rotatable bonds is 9. The van der Waals surface area contributed by atoms with Crippen LogP contribution >= 0.6 is 0 Å². The first-order valence-electron chi connectivity index (χ1n) is 12.0. The van der Waals surface area contributed by atoms with E-state index >= 15 is 0 Å². The fourth-order valence-electron chi connectivity index (χ4n) is 5.23.